The minimum atomic E-state index is 0.906. The van der Waals surface area contributed by atoms with E-state index in [-0.39, 0.29) is 0 Å². The van der Waals surface area contributed by atoms with Crippen LogP contribution in [0.1, 0.15) is 30.2 Å². The lowest BCUT2D eigenvalue weighted by molar-refractivity contribution is 0.358. The number of aliphatic imine (C=N–C) groups is 1. The number of hydrogen-bond donors (Lipinski definition) is 2. The molecule has 0 radical (unpaired) electrons. The quantitative estimate of drug-likeness (QED) is 0.332. The Balaban J connectivity index is 2.08. The number of thiophene rings is 1. The van der Waals surface area contributed by atoms with E-state index < -0.39 is 0 Å². The molecule has 0 unspecified atom stereocenters. The van der Waals surface area contributed by atoms with Crippen LogP contribution in [-0.2, 0) is 0 Å². The van der Waals surface area contributed by atoms with E-state index in [9.17, 15) is 0 Å². The number of aryl methyl sites for hydroxylation is 1. The monoisotopic (exact) mass is 358 g/mol. The van der Waals surface area contributed by atoms with Gasteiger partial charge in [0.1, 0.15) is 10.8 Å². The second-order valence-electron chi connectivity index (χ2n) is 6.05. The number of nitrogens with zero attached hydrogens (tertiary/aromatic N) is 2. The molecule has 1 aliphatic rings. The maximum absolute atomic E-state index is 4.58. The van der Waals surface area contributed by atoms with Crippen LogP contribution in [0.4, 0.5) is 5.00 Å². The Labute approximate surface area is 156 Å². The Bertz CT molecular complexity index is 649. The highest BCUT2D eigenvalue weighted by Gasteiger charge is 2.20. The first-order valence-electron chi connectivity index (χ1n) is 8.96. The van der Waals surface area contributed by atoms with Gasteiger partial charge in [0.15, 0.2) is 0 Å². The third-order valence-corrected chi connectivity index (χ3v) is 4.96. The summed E-state index contributed by atoms with van der Waals surface area (Å²) in [7, 11) is 1.88. The summed E-state index contributed by atoms with van der Waals surface area (Å²) in [6.07, 6.45) is 10.6. The molecule has 0 bridgehead atoms. The highest BCUT2D eigenvalue weighted by Crippen LogP contribution is 2.30. The topological polar surface area (TPSA) is 39.7 Å². The highest BCUT2D eigenvalue weighted by molar-refractivity contribution is 7.16. The fourth-order valence-corrected chi connectivity index (χ4v) is 3.76. The number of piperazine rings is 1. The van der Waals surface area contributed by atoms with Crippen LogP contribution in [0.2, 0.25) is 0 Å². The van der Waals surface area contributed by atoms with E-state index >= 15 is 0 Å². The Hall–Kier alpha value is -1.85. The van der Waals surface area contributed by atoms with Gasteiger partial charge in [0.2, 0.25) is 0 Å². The van der Waals surface area contributed by atoms with Crippen molar-refractivity contribution in [3.63, 3.8) is 0 Å². The summed E-state index contributed by atoms with van der Waals surface area (Å²) in [4.78, 5) is 8.22. The van der Waals surface area contributed by atoms with Gasteiger partial charge in [-0.1, -0.05) is 31.7 Å². The van der Waals surface area contributed by atoms with E-state index in [1.807, 2.05) is 13.1 Å². The van der Waals surface area contributed by atoms with Crippen LogP contribution in [0.5, 0.6) is 0 Å². The van der Waals surface area contributed by atoms with Gasteiger partial charge >= 0.3 is 0 Å². The molecular formula is C20H30N4S. The standard InChI is InChI=1S/C20H30N4S/c1-5-6-7-8-9-10-16(2)23-20-18(15-17(3)25-20)19(21-4)24-13-11-22-12-14-24/h6-7,9-10,15,22-23H,2,5,8,11-14H2,1,3-4H3/b7-6-,10-9-,21-19?. The van der Waals surface area contributed by atoms with Crippen molar-refractivity contribution in [2.45, 2.75) is 26.7 Å². The third-order valence-electron chi connectivity index (χ3n) is 3.99. The molecule has 0 amide bonds. The molecule has 2 heterocycles. The Morgan fingerprint density at radius 3 is 2.80 bits per heavy atom. The third kappa shape index (κ3) is 5.87. The lowest BCUT2D eigenvalue weighted by Crippen LogP contribution is -2.46. The van der Waals surface area contributed by atoms with E-state index in [4.69, 9.17) is 0 Å². The summed E-state index contributed by atoms with van der Waals surface area (Å²) in [5, 5.41) is 7.98. The molecule has 0 atom stereocenters. The fraction of sp³-hybridized carbons (Fsp3) is 0.450. The van der Waals surface area contributed by atoms with Crippen molar-refractivity contribution in [1.29, 1.82) is 0 Å². The second-order valence-corrected chi connectivity index (χ2v) is 7.31. The van der Waals surface area contributed by atoms with Crippen molar-refractivity contribution in [1.82, 2.24) is 10.2 Å². The van der Waals surface area contributed by atoms with E-state index in [0.717, 1.165) is 55.6 Å². The smallest absolute Gasteiger partial charge is 0.133 e. The van der Waals surface area contributed by atoms with Gasteiger partial charge in [-0.2, -0.15) is 0 Å². The Morgan fingerprint density at radius 2 is 2.12 bits per heavy atom. The average Bonchev–Trinajstić information content (AvgIpc) is 2.96. The lowest BCUT2D eigenvalue weighted by atomic mass is 10.2. The predicted molar refractivity (Wildman–Crippen MR) is 112 cm³/mol. The molecule has 1 saturated heterocycles. The van der Waals surface area contributed by atoms with Crippen molar-refractivity contribution >= 4 is 22.2 Å². The van der Waals surface area contributed by atoms with Crippen molar-refractivity contribution in [3.8, 4) is 0 Å². The van der Waals surface area contributed by atoms with Crippen molar-refractivity contribution < 1.29 is 0 Å². The van der Waals surface area contributed by atoms with Crippen LogP contribution >= 0.6 is 11.3 Å². The van der Waals surface area contributed by atoms with Crippen molar-refractivity contribution in [2.75, 3.05) is 38.5 Å². The summed E-state index contributed by atoms with van der Waals surface area (Å²) in [5.41, 5.74) is 2.08. The summed E-state index contributed by atoms with van der Waals surface area (Å²) >= 11 is 1.75. The summed E-state index contributed by atoms with van der Waals surface area (Å²) in [5.74, 6) is 1.07. The largest absolute Gasteiger partial charge is 0.354 e. The zero-order chi connectivity index (χ0) is 18.1. The van der Waals surface area contributed by atoms with Gasteiger partial charge < -0.3 is 15.5 Å². The maximum atomic E-state index is 4.58. The van der Waals surface area contributed by atoms with Gasteiger partial charge in [-0.25, -0.2) is 0 Å². The fourth-order valence-electron chi connectivity index (χ4n) is 2.82. The molecule has 1 aromatic rings. The molecule has 0 aromatic carbocycles. The molecule has 1 aromatic heterocycles. The molecular weight excluding hydrogens is 328 g/mol. The molecule has 25 heavy (non-hydrogen) atoms. The van der Waals surface area contributed by atoms with Gasteiger partial charge in [-0.15, -0.1) is 11.3 Å². The van der Waals surface area contributed by atoms with Crippen molar-refractivity contribution in [3.05, 3.63) is 53.1 Å². The number of hydrogen-bond acceptors (Lipinski definition) is 4. The lowest BCUT2D eigenvalue weighted by Gasteiger charge is -2.30. The molecule has 0 aliphatic carbocycles. The normalized spacial score (nSPS) is 16.1. The number of amidine groups is 1. The van der Waals surface area contributed by atoms with Crippen LogP contribution in [0.15, 0.2) is 47.6 Å². The first-order chi connectivity index (χ1) is 12.2. The molecule has 2 rings (SSSR count). The summed E-state index contributed by atoms with van der Waals surface area (Å²) in [6.45, 7) is 12.4. The average molecular weight is 359 g/mol. The zero-order valence-electron chi connectivity index (χ0n) is 15.6. The van der Waals surface area contributed by atoms with Crippen LogP contribution < -0.4 is 10.6 Å². The van der Waals surface area contributed by atoms with Gasteiger partial charge in [-0.05, 0) is 31.9 Å². The molecule has 4 nitrogen and oxygen atoms in total. The minimum Gasteiger partial charge on any atom is -0.354 e. The predicted octanol–water partition coefficient (Wildman–Crippen LogP) is 4.18. The molecule has 5 heteroatoms. The summed E-state index contributed by atoms with van der Waals surface area (Å²) in [6, 6.07) is 2.22. The van der Waals surface area contributed by atoms with Crippen LogP contribution in [0.3, 0.4) is 0 Å². The van der Waals surface area contributed by atoms with E-state index in [0.29, 0.717) is 0 Å². The summed E-state index contributed by atoms with van der Waals surface area (Å²) < 4.78 is 0. The molecule has 136 valence electrons. The number of rotatable bonds is 7. The van der Waals surface area contributed by atoms with Crippen LogP contribution in [0, 0.1) is 6.92 Å². The van der Waals surface area contributed by atoms with Crippen molar-refractivity contribution in [2.24, 2.45) is 4.99 Å². The number of nitrogens with one attached hydrogen (secondary N) is 2. The van der Waals surface area contributed by atoms with Gasteiger partial charge in [0, 0.05) is 43.8 Å². The van der Waals surface area contributed by atoms with Gasteiger partial charge in [-0.3, -0.25) is 4.99 Å². The SMILES string of the molecule is C=C(/C=C\C/C=C\CC)Nc1sc(C)cc1C(=NC)N1CCNCC1. The van der Waals surface area contributed by atoms with Gasteiger partial charge in [0.05, 0.1) is 5.56 Å². The molecule has 2 N–H and O–H groups in total. The Morgan fingerprint density at radius 1 is 1.36 bits per heavy atom. The van der Waals surface area contributed by atoms with E-state index in [1.54, 1.807) is 11.3 Å². The Kier molecular flexibility index (Phi) is 7.95. The molecule has 0 spiro atoms. The van der Waals surface area contributed by atoms with E-state index in [2.05, 4.69) is 65.2 Å². The zero-order valence-corrected chi connectivity index (χ0v) is 16.5. The first kappa shape index (κ1) is 19.5. The van der Waals surface area contributed by atoms with Crippen LogP contribution in [0.25, 0.3) is 0 Å². The minimum absolute atomic E-state index is 0.906. The first-order valence-corrected chi connectivity index (χ1v) is 9.78. The number of anilines is 1. The number of allylic oxidation sites excluding steroid dienone is 4. The second kappa shape index (κ2) is 10.2. The molecule has 0 saturated carbocycles. The molecule has 1 fully saturated rings. The van der Waals surface area contributed by atoms with Gasteiger partial charge in [0.25, 0.3) is 0 Å². The van der Waals surface area contributed by atoms with Crippen LogP contribution in [-0.4, -0.2) is 44.0 Å². The highest BCUT2D eigenvalue weighted by atomic mass is 32.1. The molecule has 1 aliphatic heterocycles. The maximum Gasteiger partial charge on any atom is 0.133 e. The van der Waals surface area contributed by atoms with E-state index in [1.165, 1.54) is 10.4 Å².